The van der Waals surface area contributed by atoms with Crippen LogP contribution in [0.1, 0.15) is 65.0 Å². The van der Waals surface area contributed by atoms with Crippen molar-refractivity contribution in [2.45, 2.75) is 76.3 Å². The summed E-state index contributed by atoms with van der Waals surface area (Å²) in [5.41, 5.74) is 1.20. The lowest BCUT2D eigenvalue weighted by atomic mass is 9.95. The van der Waals surface area contributed by atoms with Crippen LogP contribution < -0.4 is 16.0 Å². The summed E-state index contributed by atoms with van der Waals surface area (Å²) < 4.78 is 12.2. The summed E-state index contributed by atoms with van der Waals surface area (Å²) in [7, 11) is 1.11. The van der Waals surface area contributed by atoms with Gasteiger partial charge < -0.3 is 16.0 Å². The second kappa shape index (κ2) is 12.9. The van der Waals surface area contributed by atoms with E-state index in [1.54, 1.807) is 0 Å². The van der Waals surface area contributed by atoms with Gasteiger partial charge in [-0.05, 0) is 45.6 Å². The normalized spacial score (nSPS) is 22.3. The monoisotopic (exact) mass is 534 g/mol. The van der Waals surface area contributed by atoms with Crippen LogP contribution in [0.2, 0.25) is 0 Å². The lowest BCUT2D eigenvalue weighted by Gasteiger charge is -2.33. The van der Waals surface area contributed by atoms with Crippen LogP contribution in [0.5, 0.6) is 0 Å². The first-order valence-electron chi connectivity index (χ1n) is 10.5. The predicted octanol–water partition coefficient (Wildman–Crippen LogP) is 3.98. The van der Waals surface area contributed by atoms with Gasteiger partial charge in [0.05, 0.1) is 0 Å². The largest absolute Gasteiger partial charge is 0.355 e. The van der Waals surface area contributed by atoms with Crippen molar-refractivity contribution >= 4 is 40.7 Å². The maximum atomic E-state index is 12.2. The zero-order valence-electron chi connectivity index (χ0n) is 18.5. The zero-order valence-corrected chi connectivity index (χ0v) is 21.7. The Balaban J connectivity index is 0.00000420. The number of nitrogens with zero attached hydrogens (tertiary/aromatic N) is 1. The molecule has 2 rings (SSSR count). The molecule has 5 nitrogen and oxygen atoms in total. The second-order valence-electron chi connectivity index (χ2n) is 8.39. The summed E-state index contributed by atoms with van der Waals surface area (Å²) in [5, 5.41) is 11.0. The highest BCUT2D eigenvalue weighted by Crippen LogP contribution is 2.23. The summed E-state index contributed by atoms with van der Waals surface area (Å²) in [5.74, 6) is 1.58. The molecule has 4 atom stereocenters. The molecule has 0 aromatic heterocycles. The van der Waals surface area contributed by atoms with Crippen LogP contribution >= 0.6 is 24.0 Å². The third-order valence-electron chi connectivity index (χ3n) is 5.45. The Labute approximate surface area is 196 Å². The third kappa shape index (κ3) is 8.92. The standard InChI is InChI=1S/C22H38N4OS.HI/c1-6-28(27)20-14-10-13-19(15-20)25-21(23-5)24-16-22(3,4)26-17(2)18-11-8-7-9-12-18;/h7-9,11-12,17,19-20,26H,6,10,13-16H2,1-5H3,(H2,23,24,25);1H. The first-order valence-corrected chi connectivity index (χ1v) is 11.9. The summed E-state index contributed by atoms with van der Waals surface area (Å²) in [6.07, 6.45) is 4.30. The Kier molecular flexibility index (Phi) is 11.7. The van der Waals surface area contributed by atoms with Gasteiger partial charge in [0.15, 0.2) is 5.96 Å². The molecule has 4 unspecified atom stereocenters. The maximum Gasteiger partial charge on any atom is 0.191 e. The number of nitrogens with one attached hydrogen (secondary N) is 3. The second-order valence-corrected chi connectivity index (χ2v) is 10.4. The smallest absolute Gasteiger partial charge is 0.191 e. The van der Waals surface area contributed by atoms with Gasteiger partial charge in [-0.3, -0.25) is 9.20 Å². The van der Waals surface area contributed by atoms with E-state index in [1.165, 1.54) is 5.56 Å². The molecule has 1 aliphatic rings. The van der Waals surface area contributed by atoms with Gasteiger partial charge in [0.25, 0.3) is 0 Å². The van der Waals surface area contributed by atoms with Crippen molar-refractivity contribution in [2.24, 2.45) is 4.99 Å². The van der Waals surface area contributed by atoms with E-state index in [9.17, 15) is 4.21 Å². The van der Waals surface area contributed by atoms with Crippen LogP contribution in [0.3, 0.4) is 0 Å². The number of guanidine groups is 1. The molecular weight excluding hydrogens is 495 g/mol. The van der Waals surface area contributed by atoms with Gasteiger partial charge in [-0.25, -0.2) is 0 Å². The van der Waals surface area contributed by atoms with Gasteiger partial charge in [0.1, 0.15) is 0 Å². The van der Waals surface area contributed by atoms with Gasteiger partial charge in [0, 0.05) is 53.0 Å². The number of hydrogen-bond acceptors (Lipinski definition) is 3. The molecule has 1 aromatic rings. The predicted molar refractivity (Wildman–Crippen MR) is 137 cm³/mol. The number of benzene rings is 1. The van der Waals surface area contributed by atoms with Crippen LogP contribution in [-0.4, -0.2) is 46.3 Å². The molecule has 3 N–H and O–H groups in total. The Morgan fingerprint density at radius 1 is 1.28 bits per heavy atom. The van der Waals surface area contributed by atoms with Gasteiger partial charge >= 0.3 is 0 Å². The van der Waals surface area contributed by atoms with Gasteiger partial charge in [-0.2, -0.15) is 0 Å². The average molecular weight is 535 g/mol. The Morgan fingerprint density at radius 2 is 1.97 bits per heavy atom. The van der Waals surface area contributed by atoms with E-state index < -0.39 is 10.8 Å². The molecule has 0 aliphatic heterocycles. The Bertz CT molecular complexity index is 653. The van der Waals surface area contributed by atoms with E-state index in [-0.39, 0.29) is 35.6 Å². The fraction of sp³-hybridized carbons (Fsp3) is 0.682. The molecule has 0 saturated heterocycles. The summed E-state index contributed by atoms with van der Waals surface area (Å²) in [4.78, 5) is 4.40. The molecule has 1 saturated carbocycles. The first-order chi connectivity index (χ1) is 13.3. The minimum absolute atomic E-state index is 0. The molecule has 0 radical (unpaired) electrons. The summed E-state index contributed by atoms with van der Waals surface area (Å²) in [6.45, 7) is 9.38. The SMILES string of the molecule is CCS(=O)C1CCCC(NC(=NC)NCC(C)(C)NC(C)c2ccccc2)C1.I. The Morgan fingerprint density at radius 3 is 2.59 bits per heavy atom. The number of hydrogen-bond donors (Lipinski definition) is 3. The number of aliphatic imine (C=N–C) groups is 1. The molecule has 29 heavy (non-hydrogen) atoms. The van der Waals surface area contributed by atoms with E-state index in [0.717, 1.165) is 43.9 Å². The quantitative estimate of drug-likeness (QED) is 0.268. The fourth-order valence-corrected chi connectivity index (χ4v) is 5.25. The molecule has 0 bridgehead atoms. The van der Waals surface area contributed by atoms with Crippen molar-refractivity contribution in [2.75, 3.05) is 19.3 Å². The maximum absolute atomic E-state index is 12.2. The highest BCUT2D eigenvalue weighted by Gasteiger charge is 2.27. The molecule has 0 amide bonds. The van der Waals surface area contributed by atoms with E-state index in [2.05, 4.69) is 66.0 Å². The van der Waals surface area contributed by atoms with Crippen LogP contribution in [0, 0.1) is 0 Å². The highest BCUT2D eigenvalue weighted by molar-refractivity contribution is 14.0. The van der Waals surface area contributed by atoms with E-state index >= 15 is 0 Å². The van der Waals surface area contributed by atoms with Crippen molar-refractivity contribution in [3.8, 4) is 0 Å². The molecule has 7 heteroatoms. The molecule has 0 heterocycles. The van der Waals surface area contributed by atoms with Crippen molar-refractivity contribution < 1.29 is 4.21 Å². The van der Waals surface area contributed by atoms with E-state index in [1.807, 2.05) is 20.0 Å². The number of rotatable bonds is 8. The Hall–Kier alpha value is -0.670. The van der Waals surface area contributed by atoms with Gasteiger partial charge in [0.2, 0.25) is 0 Å². The molecular formula is C22H39IN4OS. The third-order valence-corrected chi connectivity index (χ3v) is 7.19. The minimum atomic E-state index is -0.704. The van der Waals surface area contributed by atoms with Crippen molar-refractivity contribution in [3.05, 3.63) is 35.9 Å². The van der Waals surface area contributed by atoms with Crippen molar-refractivity contribution in [1.82, 2.24) is 16.0 Å². The van der Waals surface area contributed by atoms with Crippen LogP contribution in [0.15, 0.2) is 35.3 Å². The van der Waals surface area contributed by atoms with E-state index in [4.69, 9.17) is 0 Å². The minimum Gasteiger partial charge on any atom is -0.355 e. The van der Waals surface area contributed by atoms with Crippen molar-refractivity contribution in [1.29, 1.82) is 0 Å². The zero-order chi connectivity index (χ0) is 20.6. The van der Waals surface area contributed by atoms with Gasteiger partial charge in [-0.15, -0.1) is 24.0 Å². The molecule has 0 spiro atoms. The lowest BCUT2D eigenvalue weighted by Crippen LogP contribution is -2.54. The average Bonchev–Trinajstić information content (AvgIpc) is 2.71. The topological polar surface area (TPSA) is 65.5 Å². The summed E-state index contributed by atoms with van der Waals surface area (Å²) in [6, 6.07) is 11.1. The molecule has 166 valence electrons. The van der Waals surface area contributed by atoms with E-state index in [0.29, 0.717) is 11.3 Å². The number of halogens is 1. The fourth-order valence-electron chi connectivity index (χ4n) is 3.91. The first kappa shape index (κ1) is 26.4. The summed E-state index contributed by atoms with van der Waals surface area (Å²) >= 11 is 0. The molecule has 1 aromatic carbocycles. The lowest BCUT2D eigenvalue weighted by molar-refractivity contribution is 0.342. The highest BCUT2D eigenvalue weighted by atomic mass is 127. The molecule has 1 aliphatic carbocycles. The van der Waals surface area contributed by atoms with Gasteiger partial charge in [-0.1, -0.05) is 43.7 Å². The molecule has 1 fully saturated rings. The van der Waals surface area contributed by atoms with Crippen LogP contribution in [-0.2, 0) is 10.8 Å². The van der Waals surface area contributed by atoms with Crippen LogP contribution in [0.25, 0.3) is 0 Å². The van der Waals surface area contributed by atoms with Crippen LogP contribution in [0.4, 0.5) is 0 Å². The van der Waals surface area contributed by atoms with Crippen molar-refractivity contribution in [3.63, 3.8) is 0 Å².